The quantitative estimate of drug-likeness (QED) is 0.151. The first kappa shape index (κ1) is 29.6. The van der Waals surface area contributed by atoms with Crippen LogP contribution in [0.5, 0.6) is 0 Å². The van der Waals surface area contributed by atoms with Gasteiger partial charge in [0.25, 0.3) is 5.91 Å². The molecule has 0 aromatic rings. The summed E-state index contributed by atoms with van der Waals surface area (Å²) in [6.45, 7) is 11.6. The topological polar surface area (TPSA) is 108 Å². The number of allylic oxidation sites excluding steroid dienone is 7. The largest absolute Gasteiger partial charge is 0.357 e. The van der Waals surface area contributed by atoms with Crippen LogP contribution >= 0.6 is 11.6 Å². The van der Waals surface area contributed by atoms with Crippen LogP contribution in [0.4, 0.5) is 0 Å². The van der Waals surface area contributed by atoms with Crippen molar-refractivity contribution in [2.24, 2.45) is 11.8 Å². The fourth-order valence-corrected chi connectivity index (χ4v) is 3.44. The highest BCUT2D eigenvalue weighted by atomic mass is 35.5. The molecule has 0 fully saturated rings. The second-order valence-electron chi connectivity index (χ2n) is 8.00. The molecule has 3 atom stereocenters. The fourth-order valence-electron chi connectivity index (χ4n) is 3.17. The zero-order valence-electron chi connectivity index (χ0n) is 20.2. The van der Waals surface area contributed by atoms with Crippen molar-refractivity contribution in [3.8, 4) is 0 Å². The molecule has 0 aromatic heterocycles. The molecule has 0 aliphatic heterocycles. The Balaban J connectivity index is 5.82. The molecule has 0 saturated heterocycles. The van der Waals surface area contributed by atoms with Crippen LogP contribution < -0.4 is 16.1 Å². The summed E-state index contributed by atoms with van der Waals surface area (Å²) in [4.78, 5) is 37.4. The molecule has 0 heterocycles. The molecule has 0 radical (unpaired) electrons. The molecule has 0 saturated carbocycles. The normalized spacial score (nSPS) is 16.0. The molecule has 4 N–H and O–H groups in total. The molecule has 0 unspecified atom stereocenters. The third-order valence-electron chi connectivity index (χ3n) is 5.15. The molecule has 0 bridgehead atoms. The summed E-state index contributed by atoms with van der Waals surface area (Å²) < 4.78 is 0. The number of nitrogens with one attached hydrogen (secondary N) is 3. The van der Waals surface area contributed by atoms with E-state index in [2.05, 4.69) is 10.6 Å². The molecule has 7 nitrogen and oxygen atoms in total. The molecule has 0 rings (SSSR count). The number of hydroxylamine groups is 1. The van der Waals surface area contributed by atoms with Crippen LogP contribution in [0.25, 0.3) is 0 Å². The third-order valence-corrected chi connectivity index (χ3v) is 5.65. The average molecular weight is 468 g/mol. The van der Waals surface area contributed by atoms with Gasteiger partial charge in [0.05, 0.1) is 5.92 Å². The zero-order chi connectivity index (χ0) is 24.8. The highest BCUT2D eigenvalue weighted by Crippen LogP contribution is 2.23. The lowest BCUT2D eigenvalue weighted by molar-refractivity contribution is -0.136. The summed E-state index contributed by atoms with van der Waals surface area (Å²) in [5.74, 6) is -2.57. The first-order chi connectivity index (χ1) is 15.0. The molecule has 0 aliphatic rings. The van der Waals surface area contributed by atoms with E-state index in [1.807, 2.05) is 71.9 Å². The van der Waals surface area contributed by atoms with E-state index in [-0.39, 0.29) is 18.2 Å². The SMILES string of the molecule is C\C=C/C=C\C(C)=C(C)\C(=C/C)C[C@H](NC(=O)[C@H](CC(C)C)[C@@H](Cl)C(=O)NO)C(=O)NC. The number of halogens is 1. The predicted octanol–water partition coefficient (Wildman–Crippen LogP) is 3.80. The molecule has 8 heteroatoms. The zero-order valence-corrected chi connectivity index (χ0v) is 20.9. The van der Waals surface area contributed by atoms with Crippen LogP contribution in [0.1, 0.15) is 54.4 Å². The Labute approximate surface area is 197 Å². The van der Waals surface area contributed by atoms with E-state index in [0.717, 1.165) is 16.7 Å². The van der Waals surface area contributed by atoms with Crippen molar-refractivity contribution in [1.29, 1.82) is 0 Å². The molecule has 0 spiro atoms. The first-order valence-electron chi connectivity index (χ1n) is 10.8. The van der Waals surface area contributed by atoms with Crippen molar-refractivity contribution < 1.29 is 19.6 Å². The monoisotopic (exact) mass is 467 g/mol. The molecule has 0 aromatic carbocycles. The summed E-state index contributed by atoms with van der Waals surface area (Å²) >= 11 is 6.15. The fraction of sp³-hybridized carbons (Fsp3) is 0.542. The molecular formula is C24H38ClN3O4. The van der Waals surface area contributed by atoms with Crippen LogP contribution in [0.3, 0.4) is 0 Å². The van der Waals surface area contributed by atoms with Crippen molar-refractivity contribution in [2.75, 3.05) is 7.05 Å². The first-order valence-corrected chi connectivity index (χ1v) is 11.2. The number of hydrogen-bond acceptors (Lipinski definition) is 4. The summed E-state index contributed by atoms with van der Waals surface area (Å²) in [6, 6.07) is -0.850. The number of carbonyl (C=O) groups is 3. The Morgan fingerprint density at radius 1 is 1.03 bits per heavy atom. The second-order valence-corrected chi connectivity index (χ2v) is 8.47. The Morgan fingerprint density at radius 3 is 2.12 bits per heavy atom. The summed E-state index contributed by atoms with van der Waals surface area (Å²) in [5.41, 5.74) is 4.45. The molecule has 180 valence electrons. The Hall–Kier alpha value is -2.38. The van der Waals surface area contributed by atoms with Gasteiger partial charge in [0, 0.05) is 13.5 Å². The van der Waals surface area contributed by atoms with Crippen molar-refractivity contribution in [2.45, 2.75) is 65.8 Å². The van der Waals surface area contributed by atoms with Gasteiger partial charge in [-0.1, -0.05) is 44.2 Å². The number of likely N-dealkylation sites (N-methyl/N-ethyl adjacent to an activating group) is 1. The van der Waals surface area contributed by atoms with Crippen molar-refractivity contribution in [3.05, 3.63) is 47.1 Å². The standard InChI is InChI=1S/C24H38ClN3O4/c1-8-10-11-12-16(5)17(6)18(9-2)14-20(23(30)26-7)27-22(29)19(13-15(3)4)21(25)24(31)28-32/h8-12,15,19-21,32H,13-14H2,1-7H3,(H,26,30)(H,27,29)(H,28,31)/b10-8-,12-11-,17-16+,18-9-/t19-,20+,21-/m1/s1. The number of amides is 3. The van der Waals surface area contributed by atoms with Crippen molar-refractivity contribution in [3.63, 3.8) is 0 Å². The van der Waals surface area contributed by atoms with Gasteiger partial charge in [-0.05, 0) is 56.8 Å². The lowest BCUT2D eigenvalue weighted by Crippen LogP contribution is -2.51. The minimum atomic E-state index is -1.27. The number of rotatable bonds is 12. The van der Waals surface area contributed by atoms with E-state index in [4.69, 9.17) is 16.8 Å². The van der Waals surface area contributed by atoms with Crippen molar-refractivity contribution >= 4 is 29.3 Å². The Morgan fingerprint density at radius 2 is 1.66 bits per heavy atom. The van der Waals surface area contributed by atoms with Gasteiger partial charge in [0.2, 0.25) is 11.8 Å². The number of carbonyl (C=O) groups excluding carboxylic acids is 3. The highest BCUT2D eigenvalue weighted by molar-refractivity contribution is 6.32. The maximum atomic E-state index is 13.0. The number of alkyl halides is 1. The van der Waals surface area contributed by atoms with E-state index in [0.29, 0.717) is 6.42 Å². The Kier molecular flexibility index (Phi) is 14.3. The third kappa shape index (κ3) is 9.83. The molecule has 32 heavy (non-hydrogen) atoms. The minimum Gasteiger partial charge on any atom is -0.357 e. The van der Waals surface area contributed by atoms with E-state index in [1.165, 1.54) is 12.5 Å². The van der Waals surface area contributed by atoms with Gasteiger partial charge < -0.3 is 10.6 Å². The van der Waals surface area contributed by atoms with E-state index < -0.39 is 29.2 Å². The maximum absolute atomic E-state index is 13.0. The van der Waals surface area contributed by atoms with Gasteiger partial charge >= 0.3 is 0 Å². The summed E-state index contributed by atoms with van der Waals surface area (Å²) in [7, 11) is 1.50. The molecular weight excluding hydrogens is 430 g/mol. The highest BCUT2D eigenvalue weighted by Gasteiger charge is 2.34. The van der Waals surface area contributed by atoms with Gasteiger partial charge in [-0.3, -0.25) is 19.6 Å². The minimum absolute atomic E-state index is 0.0693. The smallest absolute Gasteiger partial charge is 0.262 e. The van der Waals surface area contributed by atoms with Gasteiger partial charge in [-0.25, -0.2) is 5.48 Å². The van der Waals surface area contributed by atoms with Crippen LogP contribution in [0, 0.1) is 11.8 Å². The summed E-state index contributed by atoms with van der Waals surface area (Å²) in [5, 5.41) is 13.0. The second kappa shape index (κ2) is 15.4. The van der Waals surface area contributed by atoms with Gasteiger partial charge in [0.15, 0.2) is 0 Å². The van der Waals surface area contributed by atoms with Gasteiger partial charge in [0.1, 0.15) is 11.4 Å². The lowest BCUT2D eigenvalue weighted by atomic mass is 9.91. The Bertz CT molecular complexity index is 769. The average Bonchev–Trinajstić information content (AvgIpc) is 2.77. The van der Waals surface area contributed by atoms with Crippen molar-refractivity contribution in [1.82, 2.24) is 16.1 Å². The van der Waals surface area contributed by atoms with E-state index in [9.17, 15) is 14.4 Å². The lowest BCUT2D eigenvalue weighted by Gasteiger charge is -2.26. The molecule has 0 aliphatic carbocycles. The van der Waals surface area contributed by atoms with Gasteiger partial charge in [-0.15, -0.1) is 11.6 Å². The summed E-state index contributed by atoms with van der Waals surface area (Å²) in [6.07, 6.45) is 10.3. The van der Waals surface area contributed by atoms with E-state index in [1.54, 1.807) is 0 Å². The van der Waals surface area contributed by atoms with Crippen LogP contribution in [0.15, 0.2) is 47.1 Å². The predicted molar refractivity (Wildman–Crippen MR) is 129 cm³/mol. The van der Waals surface area contributed by atoms with Gasteiger partial charge in [-0.2, -0.15) is 0 Å². The molecule has 3 amide bonds. The number of hydrogen-bond donors (Lipinski definition) is 4. The van der Waals surface area contributed by atoms with Crippen LogP contribution in [-0.4, -0.2) is 41.4 Å². The van der Waals surface area contributed by atoms with E-state index >= 15 is 0 Å². The van der Waals surface area contributed by atoms with Crippen LogP contribution in [-0.2, 0) is 14.4 Å². The maximum Gasteiger partial charge on any atom is 0.262 e. The van der Waals surface area contributed by atoms with Crippen LogP contribution in [0.2, 0.25) is 0 Å².